The number of hydrogen-bond acceptors (Lipinski definition) is 6. The number of aliphatic carboxylic acids is 1. The second-order valence-electron chi connectivity index (χ2n) is 6.45. The topological polar surface area (TPSA) is 133 Å². The summed E-state index contributed by atoms with van der Waals surface area (Å²) in [5.41, 5.74) is 6.98. The Balaban J connectivity index is 1.74. The molecule has 2 aliphatic heterocycles. The number of hydrogen-bond donors (Lipinski definition) is 4. The Morgan fingerprint density at radius 3 is 2.68 bits per heavy atom. The monoisotopic (exact) mass is 403 g/mol. The van der Waals surface area contributed by atoms with Crippen molar-refractivity contribution in [1.29, 1.82) is 0 Å². The summed E-state index contributed by atoms with van der Waals surface area (Å²) < 4.78 is 0. The number of carboxylic acid groups (broad SMARTS) is 1. The van der Waals surface area contributed by atoms with E-state index >= 15 is 0 Å². The van der Waals surface area contributed by atoms with Gasteiger partial charge in [-0.1, -0.05) is 31.2 Å². The molecule has 5 N–H and O–H groups in total. The molecule has 3 atom stereocenters. The quantitative estimate of drug-likeness (QED) is 0.523. The highest BCUT2D eigenvalue weighted by atomic mass is 32.2. The minimum Gasteiger partial charge on any atom is -0.508 e. The van der Waals surface area contributed by atoms with Crippen molar-refractivity contribution in [2.24, 2.45) is 5.73 Å². The van der Waals surface area contributed by atoms with Crippen molar-refractivity contribution in [2.45, 2.75) is 30.8 Å². The molecule has 0 saturated carbocycles. The van der Waals surface area contributed by atoms with E-state index in [9.17, 15) is 24.6 Å². The highest BCUT2D eigenvalue weighted by molar-refractivity contribution is 8.00. The number of amides is 2. The van der Waals surface area contributed by atoms with Crippen molar-refractivity contribution in [1.82, 2.24) is 10.2 Å². The first kappa shape index (κ1) is 20.0. The van der Waals surface area contributed by atoms with Crippen molar-refractivity contribution in [3.05, 3.63) is 53.3 Å². The average molecular weight is 403 g/mol. The maximum absolute atomic E-state index is 12.6. The van der Waals surface area contributed by atoms with Gasteiger partial charge in [0.1, 0.15) is 28.9 Å². The molecule has 1 aromatic rings. The fourth-order valence-electron chi connectivity index (χ4n) is 3.11. The smallest absolute Gasteiger partial charge is 0.352 e. The number of carboxylic acids is 1. The minimum absolute atomic E-state index is 0.0354. The fraction of sp³-hybridized carbons (Fsp3) is 0.316. The number of phenols is 1. The third kappa shape index (κ3) is 3.63. The van der Waals surface area contributed by atoms with E-state index in [2.05, 4.69) is 5.32 Å². The standard InChI is InChI=1S/C19H21N3O5S/c1-2-3-4-11-9-28-18-14(17(25)22(18)15(11)19(26)27)21-16(24)13(20)10-5-7-12(23)8-6-10/h3-8,13-14,18,23H,2,9,20H2,1H3,(H,21,24)(H,26,27)/t13?,14-,18+/m1/s1. The van der Waals surface area contributed by atoms with Gasteiger partial charge in [0.15, 0.2) is 0 Å². The maximum Gasteiger partial charge on any atom is 0.352 e. The summed E-state index contributed by atoms with van der Waals surface area (Å²) in [5, 5.41) is 21.0. The van der Waals surface area contributed by atoms with Gasteiger partial charge in [0.2, 0.25) is 5.91 Å². The van der Waals surface area contributed by atoms with Crippen molar-refractivity contribution in [3.63, 3.8) is 0 Å². The number of allylic oxidation sites excluding steroid dienone is 2. The molecule has 1 aromatic carbocycles. The fourth-order valence-corrected chi connectivity index (χ4v) is 4.43. The summed E-state index contributed by atoms with van der Waals surface area (Å²) in [4.78, 5) is 37.9. The van der Waals surface area contributed by atoms with E-state index in [1.54, 1.807) is 6.08 Å². The maximum atomic E-state index is 12.6. The number of β-lactam (4-membered cyclic amide) rings is 1. The molecule has 0 aromatic heterocycles. The van der Waals surface area contributed by atoms with Gasteiger partial charge in [-0.05, 0) is 29.7 Å². The van der Waals surface area contributed by atoms with Gasteiger partial charge >= 0.3 is 5.97 Å². The molecule has 2 amide bonds. The largest absolute Gasteiger partial charge is 0.508 e. The Kier molecular flexibility index (Phi) is 5.76. The van der Waals surface area contributed by atoms with Crippen LogP contribution in [0.1, 0.15) is 24.9 Å². The van der Waals surface area contributed by atoms with Crippen LogP contribution in [0.4, 0.5) is 0 Å². The lowest BCUT2D eigenvalue weighted by Crippen LogP contribution is -2.71. The highest BCUT2D eigenvalue weighted by Crippen LogP contribution is 2.40. The van der Waals surface area contributed by atoms with Crippen molar-refractivity contribution in [3.8, 4) is 5.75 Å². The summed E-state index contributed by atoms with van der Waals surface area (Å²) in [7, 11) is 0. The van der Waals surface area contributed by atoms with Crippen LogP contribution in [-0.2, 0) is 14.4 Å². The summed E-state index contributed by atoms with van der Waals surface area (Å²) in [5.74, 6) is -1.69. The Bertz CT molecular complexity index is 865. The molecule has 0 bridgehead atoms. The van der Waals surface area contributed by atoms with Gasteiger partial charge in [0.25, 0.3) is 5.91 Å². The van der Waals surface area contributed by atoms with Gasteiger partial charge in [-0.2, -0.15) is 0 Å². The third-order valence-electron chi connectivity index (χ3n) is 4.59. The molecule has 0 radical (unpaired) electrons. The van der Waals surface area contributed by atoms with Gasteiger partial charge in [-0.3, -0.25) is 14.5 Å². The second kappa shape index (κ2) is 8.07. The first-order chi connectivity index (χ1) is 13.3. The molecule has 9 heteroatoms. The van der Waals surface area contributed by atoms with E-state index in [1.165, 1.54) is 40.9 Å². The van der Waals surface area contributed by atoms with Gasteiger partial charge in [0.05, 0.1) is 0 Å². The zero-order chi connectivity index (χ0) is 20.4. The lowest BCUT2D eigenvalue weighted by Gasteiger charge is -2.49. The van der Waals surface area contributed by atoms with Crippen molar-refractivity contribution < 1.29 is 24.6 Å². The van der Waals surface area contributed by atoms with Crippen LogP contribution in [0.3, 0.4) is 0 Å². The van der Waals surface area contributed by atoms with E-state index < -0.39 is 35.2 Å². The molecule has 148 valence electrons. The molecule has 8 nitrogen and oxygen atoms in total. The predicted molar refractivity (Wildman–Crippen MR) is 104 cm³/mol. The van der Waals surface area contributed by atoms with Crippen LogP contribution in [0.25, 0.3) is 0 Å². The summed E-state index contributed by atoms with van der Waals surface area (Å²) in [6.45, 7) is 1.94. The molecule has 1 saturated heterocycles. The zero-order valence-electron chi connectivity index (χ0n) is 15.2. The minimum atomic E-state index is -1.17. The van der Waals surface area contributed by atoms with E-state index in [0.29, 0.717) is 16.9 Å². The molecule has 0 spiro atoms. The van der Waals surface area contributed by atoms with Crippen LogP contribution in [-0.4, -0.2) is 50.1 Å². The SMILES string of the molecule is CCC=CC1=C(C(=O)O)N2C(=O)[C@@H](NC(=O)C(N)c3ccc(O)cc3)[C@@H]2SC1. The van der Waals surface area contributed by atoms with Crippen molar-refractivity contribution in [2.75, 3.05) is 5.75 Å². The Morgan fingerprint density at radius 2 is 2.07 bits per heavy atom. The molecule has 1 unspecified atom stereocenters. The van der Waals surface area contributed by atoms with Crippen molar-refractivity contribution >= 4 is 29.5 Å². The molecule has 1 fully saturated rings. The van der Waals surface area contributed by atoms with Gasteiger partial charge in [0, 0.05) is 5.75 Å². The zero-order valence-corrected chi connectivity index (χ0v) is 16.0. The summed E-state index contributed by atoms with van der Waals surface area (Å²) in [6, 6.07) is 4.07. The lowest BCUT2D eigenvalue weighted by molar-refractivity contribution is -0.150. The predicted octanol–water partition coefficient (Wildman–Crippen LogP) is 1.10. The molecule has 2 aliphatic rings. The molecule has 3 rings (SSSR count). The van der Waals surface area contributed by atoms with Crippen LogP contribution in [0, 0.1) is 0 Å². The molecule has 0 aliphatic carbocycles. The Morgan fingerprint density at radius 1 is 1.39 bits per heavy atom. The van der Waals surface area contributed by atoms with Crippen LogP contribution in [0.5, 0.6) is 5.75 Å². The third-order valence-corrected chi connectivity index (χ3v) is 5.89. The number of thioether (sulfide) groups is 1. The number of nitrogens with one attached hydrogen (secondary N) is 1. The van der Waals surface area contributed by atoms with Crippen LogP contribution < -0.4 is 11.1 Å². The van der Waals surface area contributed by atoms with Crippen LogP contribution >= 0.6 is 11.8 Å². The number of fused-ring (bicyclic) bond motifs is 1. The van der Waals surface area contributed by atoms with Gasteiger partial charge < -0.3 is 21.3 Å². The number of carbonyl (C=O) groups excluding carboxylic acids is 2. The first-order valence-corrected chi connectivity index (χ1v) is 9.82. The average Bonchev–Trinajstić information content (AvgIpc) is 2.69. The molecular formula is C19H21N3O5S. The van der Waals surface area contributed by atoms with E-state index in [-0.39, 0.29) is 11.4 Å². The number of benzene rings is 1. The number of carbonyl (C=O) groups is 3. The Hall–Kier alpha value is -2.78. The lowest BCUT2D eigenvalue weighted by atomic mass is 10.0. The normalized spacial score (nSPS) is 22.6. The number of phenolic OH excluding ortho intramolecular Hbond substituents is 1. The van der Waals surface area contributed by atoms with Gasteiger partial charge in [-0.15, -0.1) is 11.8 Å². The highest BCUT2D eigenvalue weighted by Gasteiger charge is 2.54. The molecule has 28 heavy (non-hydrogen) atoms. The second-order valence-corrected chi connectivity index (χ2v) is 7.56. The number of rotatable bonds is 6. The first-order valence-electron chi connectivity index (χ1n) is 8.77. The number of aromatic hydroxyl groups is 1. The van der Waals surface area contributed by atoms with E-state index in [1.807, 2.05) is 13.0 Å². The van der Waals surface area contributed by atoms with Gasteiger partial charge in [-0.25, -0.2) is 4.79 Å². The van der Waals surface area contributed by atoms with E-state index in [4.69, 9.17) is 5.73 Å². The molecular weight excluding hydrogens is 382 g/mol. The summed E-state index contributed by atoms with van der Waals surface area (Å²) >= 11 is 1.40. The molecule has 2 heterocycles. The number of nitrogens with two attached hydrogens (primary N) is 1. The number of nitrogens with zero attached hydrogens (tertiary/aromatic N) is 1. The van der Waals surface area contributed by atoms with E-state index in [0.717, 1.165) is 6.42 Å². The Labute approximate surface area is 166 Å². The van der Waals surface area contributed by atoms with Crippen LogP contribution in [0.2, 0.25) is 0 Å². The summed E-state index contributed by atoms with van der Waals surface area (Å²) in [6.07, 6.45) is 4.33. The van der Waals surface area contributed by atoms with Crippen LogP contribution in [0.15, 0.2) is 47.7 Å².